The predicted octanol–water partition coefficient (Wildman–Crippen LogP) is -3.38. The minimum absolute atomic E-state index is 0.218. The number of benzene rings is 1. The van der Waals surface area contributed by atoms with Crippen LogP contribution in [-0.4, -0.2) is 129 Å². The number of nitrogens with two attached hydrogens (primary N) is 2. The van der Waals surface area contributed by atoms with Gasteiger partial charge in [0.05, 0.1) is 31.7 Å². The Balaban J connectivity index is 1.52. The van der Waals surface area contributed by atoms with E-state index in [9.17, 15) is 48.6 Å². The first-order chi connectivity index (χ1) is 25.1. The van der Waals surface area contributed by atoms with E-state index in [2.05, 4.69) is 44.2 Å². The Morgan fingerprint density at radius 3 is 2.23 bits per heavy atom. The molecule has 12 N–H and O–H groups in total. The molecule has 2 aromatic rings. The Labute approximate surface area is 310 Å². The average Bonchev–Trinajstić information content (AvgIpc) is 3.72. The molecule has 0 unspecified atom stereocenters. The van der Waals surface area contributed by atoms with Gasteiger partial charge in [-0.15, -0.1) is 0 Å². The molecule has 1 aromatic carbocycles. The summed E-state index contributed by atoms with van der Waals surface area (Å²) in [7, 11) is 0. The quantitative estimate of drug-likeness (QED) is 0.0628. The molecule has 0 radical (unpaired) electrons. The number of aliphatic hydroxyl groups is 1. The number of nitrogens with one attached hydrogen (secondary N) is 6. The third-order valence-corrected chi connectivity index (χ3v) is 9.18. The Bertz CT molecular complexity index is 1690. The number of carbonyl (C=O) groups excluding carboxylic acids is 7. The van der Waals surface area contributed by atoms with Gasteiger partial charge in [-0.05, 0) is 24.0 Å². The van der Waals surface area contributed by atoms with Crippen molar-refractivity contribution in [1.29, 1.82) is 0 Å². The number of likely N-dealkylation sites (tertiary alicyclic amines) is 1. The van der Waals surface area contributed by atoms with E-state index in [1.54, 1.807) is 20.0 Å². The minimum atomic E-state index is -1.61. The lowest BCUT2D eigenvalue weighted by atomic mass is 9.98. The number of thiol groups is 1. The number of aliphatic carboxylic acids is 1. The molecular weight excluding hydrogens is 714 g/mol. The summed E-state index contributed by atoms with van der Waals surface area (Å²) in [5, 5.41) is 32.3. The molecule has 53 heavy (non-hydrogen) atoms. The standard InChI is InChI=1S/C33H47N9O10S/c1-3-16(2)28(41-27(46)13-37-29(47)20(34)8-17-11-36-21-7-5-4-6-19(17)21)31(49)38-12-26(45)39-23(15-53)30(48)40-22(10-25(35)44)32(50)42-14-18(43)9-24(42)33(51)52/h4-7,11,16,18,20,22-24,28,36,43,53H,3,8-10,12-15,34H2,1-2H3,(H2,35,44)(H,37,47)(H,38,49)(H,39,45)(H,40,48)(H,41,46)(H,51,52)/t16-,18+,20-,22-,23-,24-,28-/m0/s1. The second kappa shape index (κ2) is 19.6. The lowest BCUT2D eigenvalue weighted by molar-refractivity contribution is -0.149. The second-order valence-electron chi connectivity index (χ2n) is 12.8. The highest BCUT2D eigenvalue weighted by atomic mass is 32.1. The Kier molecular flexibility index (Phi) is 15.6. The number of carboxylic acids is 1. The average molecular weight is 762 g/mol. The molecule has 0 aliphatic carbocycles. The van der Waals surface area contributed by atoms with Crippen molar-refractivity contribution in [3.05, 3.63) is 36.0 Å². The first-order valence-corrected chi connectivity index (χ1v) is 17.5. The first kappa shape index (κ1) is 42.2. The zero-order chi connectivity index (χ0) is 39.4. The van der Waals surface area contributed by atoms with Crippen LogP contribution in [0.25, 0.3) is 10.9 Å². The maximum Gasteiger partial charge on any atom is 0.326 e. The summed E-state index contributed by atoms with van der Waals surface area (Å²) >= 11 is 4.07. The molecular formula is C33H47N9O10S. The number of rotatable bonds is 19. The molecule has 0 saturated carbocycles. The molecule has 2 heterocycles. The number of nitrogens with zero attached hydrogens (tertiary/aromatic N) is 1. The molecule has 7 atom stereocenters. The Morgan fingerprint density at radius 1 is 0.962 bits per heavy atom. The van der Waals surface area contributed by atoms with E-state index in [1.807, 2.05) is 24.3 Å². The SMILES string of the molecule is CC[C@H](C)[C@H](NC(=O)CNC(=O)[C@@H](N)Cc1c[nH]c2ccccc12)C(=O)NCC(=O)N[C@@H](CS)C(=O)N[C@@H](CC(N)=O)C(=O)N1C[C@H](O)C[C@H]1C(=O)O. The van der Waals surface area contributed by atoms with Gasteiger partial charge < -0.3 is 58.1 Å². The largest absolute Gasteiger partial charge is 0.480 e. The maximum atomic E-state index is 13.1. The van der Waals surface area contributed by atoms with Crippen molar-refractivity contribution in [2.45, 2.75) is 75.8 Å². The molecule has 1 aromatic heterocycles. The number of aromatic amines is 1. The molecule has 0 bridgehead atoms. The number of fused-ring (bicyclic) bond motifs is 1. The minimum Gasteiger partial charge on any atom is -0.480 e. The molecule has 7 amide bonds. The molecule has 20 heteroatoms. The van der Waals surface area contributed by atoms with Crippen LogP contribution in [0.15, 0.2) is 30.5 Å². The summed E-state index contributed by atoms with van der Waals surface area (Å²) < 4.78 is 0. The highest BCUT2D eigenvalue weighted by Gasteiger charge is 2.42. The van der Waals surface area contributed by atoms with E-state index in [1.165, 1.54) is 0 Å². The number of aromatic nitrogens is 1. The van der Waals surface area contributed by atoms with Crippen LogP contribution >= 0.6 is 12.6 Å². The third kappa shape index (κ3) is 11.9. The van der Waals surface area contributed by atoms with Gasteiger partial charge in [-0.1, -0.05) is 38.5 Å². The number of H-pyrrole nitrogens is 1. The van der Waals surface area contributed by atoms with E-state index in [-0.39, 0.29) is 25.1 Å². The van der Waals surface area contributed by atoms with Gasteiger partial charge in [-0.3, -0.25) is 33.6 Å². The van der Waals surface area contributed by atoms with Gasteiger partial charge in [0.25, 0.3) is 0 Å². The molecule has 1 saturated heterocycles. The predicted molar refractivity (Wildman–Crippen MR) is 193 cm³/mol. The number of carbonyl (C=O) groups is 8. The highest BCUT2D eigenvalue weighted by molar-refractivity contribution is 7.80. The number of aliphatic hydroxyl groups excluding tert-OH is 1. The van der Waals surface area contributed by atoms with Gasteiger partial charge in [0.1, 0.15) is 24.2 Å². The van der Waals surface area contributed by atoms with Crippen molar-refractivity contribution in [2.75, 3.05) is 25.4 Å². The van der Waals surface area contributed by atoms with Crippen molar-refractivity contribution < 1.29 is 48.6 Å². The summed E-state index contributed by atoms with van der Waals surface area (Å²) in [4.78, 5) is 105. The van der Waals surface area contributed by atoms with Gasteiger partial charge in [0.15, 0.2) is 0 Å². The topological polar surface area (TPSA) is 308 Å². The number of para-hydroxylation sites is 1. The number of primary amides is 1. The molecule has 19 nitrogen and oxygen atoms in total. The van der Waals surface area contributed by atoms with Gasteiger partial charge >= 0.3 is 5.97 Å². The molecule has 3 rings (SSSR count). The Hall–Kier alpha value is -5.21. The fourth-order valence-electron chi connectivity index (χ4n) is 5.74. The van der Waals surface area contributed by atoms with Gasteiger partial charge in [-0.25, -0.2) is 4.79 Å². The second-order valence-corrected chi connectivity index (χ2v) is 13.2. The molecule has 0 spiro atoms. The number of carboxylic acid groups (broad SMARTS) is 1. The Morgan fingerprint density at radius 2 is 1.60 bits per heavy atom. The van der Waals surface area contributed by atoms with E-state index in [0.29, 0.717) is 6.42 Å². The smallest absolute Gasteiger partial charge is 0.326 e. The first-order valence-electron chi connectivity index (χ1n) is 16.9. The lowest BCUT2D eigenvalue weighted by Crippen LogP contribution is -2.58. The van der Waals surface area contributed by atoms with Crippen LogP contribution < -0.4 is 38.1 Å². The highest BCUT2D eigenvalue weighted by Crippen LogP contribution is 2.21. The summed E-state index contributed by atoms with van der Waals surface area (Å²) in [6.07, 6.45) is 0.362. The van der Waals surface area contributed by atoms with Crippen LogP contribution in [0.2, 0.25) is 0 Å². The van der Waals surface area contributed by atoms with Crippen LogP contribution in [0.3, 0.4) is 0 Å². The molecule has 290 valence electrons. The van der Waals surface area contributed by atoms with Crippen LogP contribution in [0.4, 0.5) is 0 Å². The van der Waals surface area contributed by atoms with Crippen LogP contribution in [-0.2, 0) is 44.8 Å². The van der Waals surface area contributed by atoms with E-state index < -0.39 is 109 Å². The van der Waals surface area contributed by atoms with Gasteiger partial charge in [0, 0.05) is 35.8 Å². The number of hydrogen-bond acceptors (Lipinski definition) is 11. The normalized spacial score (nSPS) is 18.2. The van der Waals surface area contributed by atoms with Crippen molar-refractivity contribution in [1.82, 2.24) is 36.5 Å². The summed E-state index contributed by atoms with van der Waals surface area (Å²) in [6, 6.07) is 1.11. The molecule has 1 aliphatic heterocycles. The summed E-state index contributed by atoms with van der Waals surface area (Å²) in [6.45, 7) is 2.05. The van der Waals surface area contributed by atoms with E-state index in [0.717, 1.165) is 21.4 Å². The number of hydrogen-bond donors (Lipinski definition) is 11. The van der Waals surface area contributed by atoms with Crippen molar-refractivity contribution in [3.8, 4) is 0 Å². The number of β-amino-alcohol motifs (C(OH)–C–C–N with tert-alkyl or cyclic N) is 1. The fraction of sp³-hybridized carbons (Fsp3) is 0.515. The van der Waals surface area contributed by atoms with E-state index in [4.69, 9.17) is 11.5 Å². The van der Waals surface area contributed by atoms with Crippen LogP contribution in [0.1, 0.15) is 38.7 Å². The maximum absolute atomic E-state index is 13.1. The molecule has 1 aliphatic rings. The van der Waals surface area contributed by atoms with Crippen molar-refractivity contribution in [3.63, 3.8) is 0 Å². The van der Waals surface area contributed by atoms with Crippen LogP contribution in [0.5, 0.6) is 0 Å². The summed E-state index contributed by atoms with van der Waals surface area (Å²) in [5.41, 5.74) is 13.1. The molecule has 1 fully saturated rings. The van der Waals surface area contributed by atoms with Crippen LogP contribution in [0, 0.1) is 5.92 Å². The lowest BCUT2D eigenvalue weighted by Gasteiger charge is -2.28. The van der Waals surface area contributed by atoms with E-state index >= 15 is 0 Å². The van der Waals surface area contributed by atoms with Gasteiger partial charge in [-0.2, -0.15) is 12.6 Å². The van der Waals surface area contributed by atoms with Gasteiger partial charge in [0.2, 0.25) is 41.4 Å². The number of amides is 7. The zero-order valence-corrected chi connectivity index (χ0v) is 30.2. The third-order valence-electron chi connectivity index (χ3n) is 8.81. The zero-order valence-electron chi connectivity index (χ0n) is 29.3. The van der Waals surface area contributed by atoms with Crippen molar-refractivity contribution >= 4 is 70.9 Å². The fourth-order valence-corrected chi connectivity index (χ4v) is 5.99. The monoisotopic (exact) mass is 761 g/mol. The summed E-state index contributed by atoms with van der Waals surface area (Å²) in [5.74, 6) is -7.79. The van der Waals surface area contributed by atoms with Crippen molar-refractivity contribution in [2.24, 2.45) is 17.4 Å².